The second kappa shape index (κ2) is 14.8. The summed E-state index contributed by atoms with van der Waals surface area (Å²) in [5.74, 6) is -8.27. The number of pyridine rings is 3. The van der Waals surface area contributed by atoms with Crippen LogP contribution < -0.4 is 0 Å². The summed E-state index contributed by atoms with van der Waals surface area (Å²) in [4.78, 5) is 39.9. The van der Waals surface area contributed by atoms with E-state index in [2.05, 4.69) is 15.0 Å². The van der Waals surface area contributed by atoms with E-state index in [4.69, 9.17) is 29.7 Å². The van der Waals surface area contributed by atoms with Crippen LogP contribution in [0.2, 0.25) is 0 Å². The monoisotopic (exact) mass is 575 g/mol. The van der Waals surface area contributed by atoms with Gasteiger partial charge in [-0.05, 0) is 36.4 Å². The number of rotatable bonds is 2. The summed E-state index contributed by atoms with van der Waals surface area (Å²) in [6.07, 6.45) is -11.7. The Hall–Kier alpha value is -4.77. The Balaban J connectivity index is 0.000000576. The van der Waals surface area contributed by atoms with Crippen molar-refractivity contribution in [2.24, 2.45) is 0 Å². The fraction of sp³-hybridized carbons (Fsp3) is 0.143. The summed E-state index contributed by atoms with van der Waals surface area (Å²) in [6, 6.07) is 17.5. The molecule has 3 aromatic rings. The number of hydrogen-bond donors (Lipinski definition) is 3. The van der Waals surface area contributed by atoms with Gasteiger partial charge in [-0.25, -0.2) is 19.4 Å². The smallest absolute Gasteiger partial charge is 0.475 e. The van der Waals surface area contributed by atoms with Crippen LogP contribution in [0.4, 0.5) is 39.5 Å². The van der Waals surface area contributed by atoms with Crippen LogP contribution in [0.1, 0.15) is 0 Å². The van der Waals surface area contributed by atoms with Gasteiger partial charge in [0.25, 0.3) is 0 Å². The molecule has 0 atom stereocenters. The molecule has 0 amide bonds. The fourth-order valence-corrected chi connectivity index (χ4v) is 1.75. The number of nitrogens with zero attached hydrogens (tertiary/aromatic N) is 3. The Bertz CT molecular complexity index is 1090. The lowest BCUT2D eigenvalue weighted by Gasteiger charge is -2.03. The highest BCUT2D eigenvalue weighted by Gasteiger charge is 2.39. The highest BCUT2D eigenvalue weighted by atomic mass is 19.4. The van der Waals surface area contributed by atoms with Crippen molar-refractivity contribution in [3.63, 3.8) is 0 Å². The maximum Gasteiger partial charge on any atom is 0.490 e. The summed E-state index contributed by atoms with van der Waals surface area (Å²) in [7, 11) is 0. The number of carbonyl (C=O) groups is 3. The summed E-state index contributed by atoms with van der Waals surface area (Å²) < 4.78 is 95.2. The van der Waals surface area contributed by atoms with E-state index >= 15 is 0 Å². The molecule has 3 heterocycles. The molecule has 0 spiro atoms. The zero-order valence-electron chi connectivity index (χ0n) is 18.7. The van der Waals surface area contributed by atoms with Crippen LogP contribution >= 0.6 is 0 Å². The summed E-state index contributed by atoms with van der Waals surface area (Å²) in [5, 5.41) is 21.4. The van der Waals surface area contributed by atoms with Gasteiger partial charge < -0.3 is 15.3 Å². The van der Waals surface area contributed by atoms with E-state index in [0.717, 1.165) is 22.8 Å². The van der Waals surface area contributed by atoms with E-state index in [1.165, 1.54) is 0 Å². The maximum absolute atomic E-state index is 10.6. The van der Waals surface area contributed by atoms with E-state index in [1.54, 1.807) is 12.4 Å². The van der Waals surface area contributed by atoms with Gasteiger partial charge in [-0.3, -0.25) is 9.97 Å². The first-order valence-corrected chi connectivity index (χ1v) is 9.47. The number of carboxylic acid groups (broad SMARTS) is 3. The van der Waals surface area contributed by atoms with Gasteiger partial charge in [0.1, 0.15) is 0 Å². The SMILES string of the molecule is O=C(O)C(F)(F)F.O=C(O)C(F)(F)F.O=C(O)C(F)(F)F.c1ccc(-c2cccc(-c3ccccn3)n2)nc1. The molecule has 18 heteroatoms. The predicted octanol–water partition coefficient (Wildman–Crippen LogP) is 5.11. The predicted molar refractivity (Wildman–Crippen MR) is 112 cm³/mol. The molecule has 0 fully saturated rings. The molecule has 0 aromatic carbocycles. The van der Waals surface area contributed by atoms with Gasteiger partial charge in [0.05, 0.1) is 22.8 Å². The van der Waals surface area contributed by atoms with Gasteiger partial charge in [-0.1, -0.05) is 18.2 Å². The summed E-state index contributed by atoms with van der Waals surface area (Å²) in [5.41, 5.74) is 3.46. The van der Waals surface area contributed by atoms with Gasteiger partial charge in [0.15, 0.2) is 0 Å². The second-order valence-electron chi connectivity index (χ2n) is 6.25. The van der Waals surface area contributed by atoms with Crippen LogP contribution in [0.5, 0.6) is 0 Å². The molecule has 0 aliphatic rings. The molecule has 0 bridgehead atoms. The molecule has 3 N–H and O–H groups in total. The number of carboxylic acids is 3. The lowest BCUT2D eigenvalue weighted by molar-refractivity contribution is -0.193. The van der Waals surface area contributed by atoms with Crippen molar-refractivity contribution in [2.45, 2.75) is 18.5 Å². The Morgan fingerprint density at radius 3 is 0.949 bits per heavy atom. The Morgan fingerprint density at radius 2 is 0.744 bits per heavy atom. The van der Waals surface area contributed by atoms with E-state index in [-0.39, 0.29) is 0 Å². The van der Waals surface area contributed by atoms with Gasteiger partial charge in [0, 0.05) is 12.4 Å². The maximum atomic E-state index is 10.6. The molecular formula is C21H14F9N3O6. The normalized spacial score (nSPS) is 10.8. The van der Waals surface area contributed by atoms with Gasteiger partial charge in [-0.15, -0.1) is 0 Å². The Kier molecular flexibility index (Phi) is 13.0. The lowest BCUT2D eigenvalue weighted by atomic mass is 10.2. The van der Waals surface area contributed by atoms with Crippen molar-refractivity contribution in [1.82, 2.24) is 15.0 Å². The van der Waals surface area contributed by atoms with E-state index in [0.29, 0.717) is 0 Å². The van der Waals surface area contributed by atoms with Crippen molar-refractivity contribution in [2.75, 3.05) is 0 Å². The number of halogens is 9. The van der Waals surface area contributed by atoms with Gasteiger partial charge >= 0.3 is 36.4 Å². The van der Waals surface area contributed by atoms with Crippen LogP contribution in [0.15, 0.2) is 67.0 Å². The van der Waals surface area contributed by atoms with Crippen LogP contribution in [0.3, 0.4) is 0 Å². The second-order valence-corrected chi connectivity index (χ2v) is 6.25. The standard InChI is InChI=1S/C15H11N3.3C2HF3O2/c1-3-10-16-12(6-1)14-8-5-9-15(18-14)13-7-2-4-11-17-13;3*3-2(4,5)1(6)7/h1-11H;3*(H,6,7). The number of hydrogen-bond acceptors (Lipinski definition) is 6. The van der Waals surface area contributed by atoms with E-state index < -0.39 is 36.4 Å². The van der Waals surface area contributed by atoms with E-state index in [9.17, 15) is 39.5 Å². The van der Waals surface area contributed by atoms with Crippen molar-refractivity contribution in [3.05, 3.63) is 67.0 Å². The molecule has 0 radical (unpaired) electrons. The fourth-order valence-electron chi connectivity index (χ4n) is 1.75. The molecule has 3 rings (SSSR count). The van der Waals surface area contributed by atoms with E-state index in [1.807, 2.05) is 54.6 Å². The van der Waals surface area contributed by atoms with Crippen LogP contribution in [0, 0.1) is 0 Å². The molecule has 0 unspecified atom stereocenters. The molecule has 212 valence electrons. The van der Waals surface area contributed by atoms with Gasteiger partial charge in [0.2, 0.25) is 0 Å². The zero-order valence-corrected chi connectivity index (χ0v) is 18.7. The Labute approximate surface area is 211 Å². The lowest BCUT2D eigenvalue weighted by Crippen LogP contribution is -2.21. The molecule has 0 saturated heterocycles. The largest absolute Gasteiger partial charge is 0.490 e. The minimum Gasteiger partial charge on any atom is -0.475 e. The average molecular weight is 575 g/mol. The van der Waals surface area contributed by atoms with Crippen LogP contribution in [-0.4, -0.2) is 66.7 Å². The first-order chi connectivity index (χ1) is 17.8. The topological polar surface area (TPSA) is 151 Å². The quantitative estimate of drug-likeness (QED) is 0.355. The number of alkyl halides is 9. The van der Waals surface area contributed by atoms with Gasteiger partial charge in [-0.2, -0.15) is 39.5 Å². The Morgan fingerprint density at radius 1 is 0.487 bits per heavy atom. The molecule has 9 nitrogen and oxygen atoms in total. The van der Waals surface area contributed by atoms with Crippen LogP contribution in [0.25, 0.3) is 22.8 Å². The molecule has 0 saturated carbocycles. The minimum absolute atomic E-state index is 0.860. The van der Waals surface area contributed by atoms with Crippen molar-refractivity contribution < 1.29 is 69.2 Å². The highest BCUT2D eigenvalue weighted by Crippen LogP contribution is 2.19. The molecule has 3 aromatic heterocycles. The minimum atomic E-state index is -5.08. The van der Waals surface area contributed by atoms with Crippen molar-refractivity contribution in [3.8, 4) is 22.8 Å². The molecule has 0 aliphatic heterocycles. The average Bonchev–Trinajstić information content (AvgIpc) is 2.84. The molecular weight excluding hydrogens is 561 g/mol. The summed E-state index contributed by atoms with van der Waals surface area (Å²) >= 11 is 0. The van der Waals surface area contributed by atoms with Crippen LogP contribution in [-0.2, 0) is 14.4 Å². The highest BCUT2D eigenvalue weighted by molar-refractivity contribution is 5.73. The first kappa shape index (κ1) is 34.2. The zero-order chi connectivity index (χ0) is 30.4. The third-order valence-corrected chi connectivity index (χ3v) is 3.33. The summed E-state index contributed by atoms with van der Waals surface area (Å²) in [6.45, 7) is 0. The number of aromatic nitrogens is 3. The first-order valence-electron chi connectivity index (χ1n) is 9.47. The van der Waals surface area contributed by atoms with Crippen molar-refractivity contribution >= 4 is 17.9 Å². The number of aliphatic carboxylic acids is 3. The van der Waals surface area contributed by atoms with Crippen molar-refractivity contribution in [1.29, 1.82) is 0 Å². The molecule has 0 aliphatic carbocycles. The molecule has 39 heavy (non-hydrogen) atoms. The third-order valence-electron chi connectivity index (χ3n) is 3.33. The third kappa shape index (κ3) is 14.5.